The molecular formula is C140H103N3. The lowest BCUT2D eigenvalue weighted by Crippen LogP contribution is -2.29. The SMILES string of the molecule is Cc1ccc(C2(c3ccccc3)c3cc(-c4ccc(-c5cccc(-c6ccc7c(c6)-c6ccc(N(c8ccc(-c9ccccc9)cc8)c8cccc(-c9ccc(-c%10ccc%11c(c%10)C(C)(C)c%10cc(N(c%12cccc(-c%13ccccc%13)c%12)c%12ccccc%12-c%12ccccc%12)ccc%10-%11)cc9)c8)cc6C7(C)C)c5)cc4)ccc3-c3ccc(N(c4ccc(-c5ccccc5)cc4)c4cccc(-c5ccccc5)c4)cc32)cc1. The van der Waals surface area contributed by atoms with E-state index in [-0.39, 0.29) is 10.8 Å². The van der Waals surface area contributed by atoms with Crippen LogP contribution < -0.4 is 14.7 Å². The molecule has 3 aliphatic rings. The number of rotatable bonds is 21. The minimum absolute atomic E-state index is 0.291. The lowest BCUT2D eigenvalue weighted by atomic mass is 9.67. The molecule has 3 aliphatic carbocycles. The molecule has 3 nitrogen and oxygen atoms in total. The fourth-order valence-corrected chi connectivity index (χ4v) is 23.1. The lowest BCUT2D eigenvalue weighted by Gasteiger charge is -2.35. The van der Waals surface area contributed by atoms with Gasteiger partial charge in [0.25, 0.3) is 0 Å². The summed E-state index contributed by atoms with van der Waals surface area (Å²) in [5, 5.41) is 0. The maximum atomic E-state index is 2.49. The van der Waals surface area contributed by atoms with Gasteiger partial charge >= 0.3 is 0 Å². The summed E-state index contributed by atoms with van der Waals surface area (Å²) in [6.07, 6.45) is 0. The zero-order valence-electron chi connectivity index (χ0n) is 80.6. The van der Waals surface area contributed by atoms with Crippen molar-refractivity contribution in [1.82, 2.24) is 0 Å². The minimum atomic E-state index is -0.680. The number of anilines is 9. The van der Waals surface area contributed by atoms with Crippen LogP contribution in [0.1, 0.15) is 77.8 Å². The van der Waals surface area contributed by atoms with Crippen molar-refractivity contribution < 1.29 is 0 Å². The van der Waals surface area contributed by atoms with Crippen LogP contribution in [0, 0.1) is 6.92 Å². The molecule has 0 N–H and O–H groups in total. The van der Waals surface area contributed by atoms with E-state index >= 15 is 0 Å². The molecule has 1 atom stereocenters. The van der Waals surface area contributed by atoms with Crippen LogP contribution in [0.25, 0.3) is 145 Å². The lowest BCUT2D eigenvalue weighted by molar-refractivity contribution is 0.660. The Hall–Kier alpha value is -17.8. The van der Waals surface area contributed by atoms with Crippen LogP contribution in [0.4, 0.5) is 51.2 Å². The highest BCUT2D eigenvalue weighted by molar-refractivity contribution is 5.97. The third kappa shape index (κ3) is 15.6. The zero-order valence-corrected chi connectivity index (χ0v) is 80.6. The van der Waals surface area contributed by atoms with E-state index < -0.39 is 5.41 Å². The topological polar surface area (TPSA) is 9.72 Å². The predicted octanol–water partition coefficient (Wildman–Crippen LogP) is 38.1. The van der Waals surface area contributed by atoms with Crippen LogP contribution in [0.2, 0.25) is 0 Å². The smallest absolute Gasteiger partial charge is 0.0714 e. The minimum Gasteiger partial charge on any atom is -0.310 e. The Kier molecular flexibility index (Phi) is 21.8. The van der Waals surface area contributed by atoms with Crippen LogP contribution in [0.15, 0.2) is 534 Å². The number of para-hydroxylation sites is 1. The van der Waals surface area contributed by atoms with Gasteiger partial charge in [-0.25, -0.2) is 0 Å². The van der Waals surface area contributed by atoms with Gasteiger partial charge in [-0.3, -0.25) is 0 Å². The van der Waals surface area contributed by atoms with E-state index in [0.717, 1.165) is 79.0 Å². The summed E-state index contributed by atoms with van der Waals surface area (Å²) in [6, 6.07) is 199. The first kappa shape index (κ1) is 86.8. The third-order valence-electron chi connectivity index (χ3n) is 30.4. The van der Waals surface area contributed by atoms with Crippen molar-refractivity contribution >= 4 is 51.2 Å². The molecule has 25 rings (SSSR count). The Morgan fingerprint density at radius 3 is 0.860 bits per heavy atom. The van der Waals surface area contributed by atoms with Crippen molar-refractivity contribution in [2.24, 2.45) is 0 Å². The van der Waals surface area contributed by atoms with Gasteiger partial charge in [0.2, 0.25) is 0 Å². The maximum Gasteiger partial charge on any atom is 0.0714 e. The molecule has 0 fully saturated rings. The van der Waals surface area contributed by atoms with Crippen LogP contribution in [0.3, 0.4) is 0 Å². The molecule has 0 amide bonds. The predicted molar refractivity (Wildman–Crippen MR) is 602 cm³/mol. The monoisotopic (exact) mass is 1830 g/mol. The number of hydrogen-bond donors (Lipinski definition) is 0. The fourth-order valence-electron chi connectivity index (χ4n) is 23.1. The van der Waals surface area contributed by atoms with Crippen molar-refractivity contribution in [1.29, 1.82) is 0 Å². The van der Waals surface area contributed by atoms with Gasteiger partial charge in [0, 0.05) is 61.9 Å². The summed E-state index contributed by atoms with van der Waals surface area (Å²) in [6.45, 7) is 11.8. The summed E-state index contributed by atoms with van der Waals surface area (Å²) in [4.78, 5) is 7.35. The van der Waals surface area contributed by atoms with E-state index in [0.29, 0.717) is 0 Å². The number of nitrogens with zero attached hydrogens (tertiary/aromatic N) is 3. The van der Waals surface area contributed by atoms with Gasteiger partial charge in [0.05, 0.1) is 11.1 Å². The molecule has 1 unspecified atom stereocenters. The summed E-state index contributed by atoms with van der Waals surface area (Å²) < 4.78 is 0. The Morgan fingerprint density at radius 1 is 0.140 bits per heavy atom. The van der Waals surface area contributed by atoms with Crippen molar-refractivity contribution in [3.05, 3.63) is 584 Å². The second kappa shape index (κ2) is 35.9. The molecular weight excluding hydrogens is 1720 g/mol. The van der Waals surface area contributed by atoms with Crippen molar-refractivity contribution in [2.45, 2.75) is 50.9 Å². The summed E-state index contributed by atoms with van der Waals surface area (Å²) >= 11 is 0. The third-order valence-corrected chi connectivity index (χ3v) is 30.4. The Morgan fingerprint density at radius 2 is 0.399 bits per heavy atom. The first-order valence-electron chi connectivity index (χ1n) is 49.9. The van der Waals surface area contributed by atoms with Crippen LogP contribution in [0.5, 0.6) is 0 Å². The molecule has 0 saturated heterocycles. The molecule has 0 saturated carbocycles. The molecule has 0 heterocycles. The highest BCUT2D eigenvalue weighted by Crippen LogP contribution is 2.60. The van der Waals surface area contributed by atoms with Crippen molar-refractivity contribution in [3.8, 4) is 145 Å². The van der Waals surface area contributed by atoms with Crippen LogP contribution in [-0.2, 0) is 16.2 Å². The second-order valence-electron chi connectivity index (χ2n) is 39.5. The summed E-state index contributed by atoms with van der Waals surface area (Å²) in [7, 11) is 0. The van der Waals surface area contributed by atoms with Gasteiger partial charge in [0.1, 0.15) is 0 Å². The summed E-state index contributed by atoms with van der Waals surface area (Å²) in [5.74, 6) is 0. The molecule has 0 spiro atoms. The van der Waals surface area contributed by atoms with E-state index in [4.69, 9.17) is 0 Å². The first-order chi connectivity index (χ1) is 70.3. The van der Waals surface area contributed by atoms with Gasteiger partial charge < -0.3 is 14.7 Å². The van der Waals surface area contributed by atoms with Gasteiger partial charge in [-0.2, -0.15) is 0 Å². The number of benzene rings is 22. The highest BCUT2D eigenvalue weighted by atomic mass is 15.2. The average molecular weight is 1830 g/mol. The molecule has 143 heavy (non-hydrogen) atoms. The van der Waals surface area contributed by atoms with Gasteiger partial charge in [0.15, 0.2) is 0 Å². The number of fused-ring (bicyclic) bond motifs is 9. The fraction of sp³-hybridized carbons (Fsp3) is 0.0571. The first-order valence-corrected chi connectivity index (χ1v) is 49.9. The molecule has 22 aromatic rings. The Bertz CT molecular complexity index is 8570. The molecule has 0 bridgehead atoms. The molecule has 0 aromatic heterocycles. The molecule has 0 radical (unpaired) electrons. The Labute approximate surface area is 839 Å². The van der Waals surface area contributed by atoms with Crippen LogP contribution in [-0.4, -0.2) is 0 Å². The second-order valence-corrected chi connectivity index (χ2v) is 39.5. The van der Waals surface area contributed by atoms with E-state index in [1.807, 2.05) is 0 Å². The largest absolute Gasteiger partial charge is 0.310 e. The van der Waals surface area contributed by atoms with E-state index in [1.54, 1.807) is 0 Å². The maximum absolute atomic E-state index is 2.49. The van der Waals surface area contributed by atoms with Crippen LogP contribution >= 0.6 is 0 Å². The highest BCUT2D eigenvalue weighted by Gasteiger charge is 2.48. The number of aryl methyl sites for hydroxylation is 1. The molecule has 3 heteroatoms. The summed E-state index contributed by atoms with van der Waals surface area (Å²) in [5.41, 5.74) is 51.1. The zero-order chi connectivity index (χ0) is 95.9. The van der Waals surface area contributed by atoms with E-state index in [9.17, 15) is 0 Å². The van der Waals surface area contributed by atoms with E-state index in [1.165, 1.54) is 167 Å². The number of hydrogen-bond acceptors (Lipinski definition) is 3. The molecule has 678 valence electrons. The van der Waals surface area contributed by atoms with Gasteiger partial charge in [-0.05, 0) is 318 Å². The normalized spacial score (nSPS) is 13.6. The Balaban J connectivity index is 0.506. The van der Waals surface area contributed by atoms with Gasteiger partial charge in [-0.1, -0.05) is 440 Å². The molecule has 22 aromatic carbocycles. The van der Waals surface area contributed by atoms with Crippen molar-refractivity contribution in [3.63, 3.8) is 0 Å². The molecule has 0 aliphatic heterocycles. The van der Waals surface area contributed by atoms with Gasteiger partial charge in [-0.15, -0.1) is 0 Å². The van der Waals surface area contributed by atoms with E-state index in [2.05, 4.69) is 583 Å². The quantitative estimate of drug-likeness (QED) is 0.0710. The average Bonchev–Trinajstić information content (AvgIpc) is 1.53. The standard InChI is InChI=1S/C140H103N3/c1-94-52-69-115(70-53-94)140(114-45-22-11-23-46-114)135-90-113(67-79-127(135)128-81-75-122(93-136(128)140)142(117-73-64-100(65-74-117)96-32-14-7-15-33-96)118-47-27-42-108(85-118)97-34-16-8-17-35-97)104-58-54-101(55-59-104)106-40-26-41-107(84-106)111-68-83-131-130(88-111)129-82-76-121(91-134(129)138(131,2)3)141(116-71-62-99(63-72-116)95-30-12-6-13-31-95)119-48-28-44-110(86-119)102-56-60-103(61-57-102)112-66-78-125-126-80-77-123(92-133(126)139(4,5)132(125)89-112)143(120-49-29-43-109(87-120)98-36-18-9-19-37-98)137-51-25-24-50-124(137)105-38-20-10-21-39-105/h6-93H,1-5H3. The van der Waals surface area contributed by atoms with Crippen molar-refractivity contribution in [2.75, 3.05) is 14.7 Å².